The Morgan fingerprint density at radius 3 is 1.53 bits per heavy atom. The van der Waals surface area contributed by atoms with Gasteiger partial charge < -0.3 is 14.4 Å². The molecule has 10 aromatic rings. The Hall–Kier alpha value is -5.57. The van der Waals surface area contributed by atoms with E-state index in [2.05, 4.69) is 167 Å². The Kier molecular flexibility index (Phi) is 30.9. The molecule has 0 atom stereocenters. The zero-order chi connectivity index (χ0) is 52.8. The molecule has 70 heavy (non-hydrogen) atoms. The van der Waals surface area contributed by atoms with Crippen molar-refractivity contribution in [2.75, 3.05) is 0 Å². The smallest absolute Gasteiger partial charge is 0.134 e. The van der Waals surface area contributed by atoms with E-state index in [1.807, 2.05) is 130 Å². The second-order valence-corrected chi connectivity index (χ2v) is 18.6. The van der Waals surface area contributed by atoms with E-state index in [0.29, 0.717) is 29.6 Å². The number of aromatic amines is 2. The molecule has 0 bridgehead atoms. The summed E-state index contributed by atoms with van der Waals surface area (Å²) in [5.74, 6) is 4.81. The number of pyridine rings is 1. The Morgan fingerprint density at radius 2 is 1.00 bits per heavy atom. The fourth-order valence-electron chi connectivity index (χ4n) is 6.25. The average Bonchev–Trinajstić information content (AvgIpc) is 4.26. The molecule has 0 spiro atoms. The van der Waals surface area contributed by atoms with Crippen LogP contribution in [0.5, 0.6) is 0 Å². The van der Waals surface area contributed by atoms with Crippen LogP contribution in [-0.2, 0) is 0 Å². The Labute approximate surface area is 431 Å². The van der Waals surface area contributed by atoms with E-state index in [0.717, 1.165) is 38.5 Å². The third kappa shape index (κ3) is 19.7. The topological polar surface area (TPSA) is 83.4 Å². The number of H-pyrrole nitrogens is 2. The van der Waals surface area contributed by atoms with Crippen molar-refractivity contribution in [1.29, 1.82) is 0 Å². The number of furan rings is 1. The quantitative estimate of drug-likeness (QED) is 0.180. The van der Waals surface area contributed by atoms with E-state index in [-0.39, 0.29) is 0 Å². The molecule has 0 aliphatic heterocycles. The molecule has 0 aliphatic rings. The van der Waals surface area contributed by atoms with Gasteiger partial charge in [-0.15, -0.1) is 22.7 Å². The number of thiazole rings is 1. The Morgan fingerprint density at radius 1 is 0.443 bits per heavy atom. The third-order valence-corrected chi connectivity index (χ3v) is 12.5. The standard InChI is InChI=1S/C11H13N.C11H12O.C10H12N2.2C10H11NS.5C2H6/c2*1-8(2)11-7-9-5-3-4-6-10(9)12-11;1-7(2)10-11-8-5-3-4-6-9(8)12-10;1-7(2)9-6-8-4-3-5-11-10(8)12-9;1-7(2)10-11-8-5-3-4-6-9(8)12-10;5*1-2/h3-8,12H,1-2H3;3-8H,1-2H3;3-7H,1-2H3,(H,11,12);2*3-7H,1-2H3;5*1-2H3. The van der Waals surface area contributed by atoms with Crippen LogP contribution in [0, 0.1) is 0 Å². The first kappa shape index (κ1) is 62.4. The van der Waals surface area contributed by atoms with Gasteiger partial charge in [0.15, 0.2) is 0 Å². The first-order valence-electron chi connectivity index (χ1n) is 26.1. The number of thiophene rings is 1. The Balaban J connectivity index is 0.000000418. The van der Waals surface area contributed by atoms with Gasteiger partial charge in [-0.1, -0.05) is 205 Å². The summed E-state index contributed by atoms with van der Waals surface area (Å²) < 4.78 is 6.92. The summed E-state index contributed by atoms with van der Waals surface area (Å²) in [5.41, 5.74) is 6.85. The van der Waals surface area contributed by atoms with Crippen molar-refractivity contribution in [3.05, 3.63) is 161 Å². The predicted molar refractivity (Wildman–Crippen MR) is 317 cm³/mol. The molecule has 6 nitrogen and oxygen atoms in total. The molecule has 0 saturated carbocycles. The molecule has 8 heteroatoms. The maximum atomic E-state index is 5.63. The second kappa shape index (κ2) is 34.7. The van der Waals surface area contributed by atoms with Gasteiger partial charge in [-0.25, -0.2) is 15.0 Å². The number of fused-ring (bicyclic) bond motifs is 5. The van der Waals surface area contributed by atoms with Crippen LogP contribution in [-0.4, -0.2) is 24.9 Å². The van der Waals surface area contributed by atoms with E-state index < -0.39 is 0 Å². The lowest BCUT2D eigenvalue weighted by molar-refractivity contribution is 0.522. The van der Waals surface area contributed by atoms with Crippen molar-refractivity contribution in [3.63, 3.8) is 0 Å². The van der Waals surface area contributed by atoms with Gasteiger partial charge in [0.2, 0.25) is 0 Å². The minimum atomic E-state index is 0.470. The number of nitrogens with zero attached hydrogens (tertiary/aromatic N) is 3. The van der Waals surface area contributed by atoms with Crippen LogP contribution in [0.3, 0.4) is 0 Å². The lowest BCUT2D eigenvalue weighted by Crippen LogP contribution is -1.88. The van der Waals surface area contributed by atoms with Crippen LogP contribution in [0.25, 0.3) is 53.3 Å². The molecule has 0 unspecified atom stereocenters. The van der Waals surface area contributed by atoms with E-state index in [4.69, 9.17) is 4.42 Å². The molecule has 380 valence electrons. The van der Waals surface area contributed by atoms with Crippen LogP contribution in [0.4, 0.5) is 0 Å². The summed E-state index contributed by atoms with van der Waals surface area (Å²) in [6, 6.07) is 43.5. The SMILES string of the molecule is CC.CC.CC.CC.CC.CC(C)c1cc2ccccc2[nH]1.CC(C)c1cc2ccccc2o1.CC(C)c1cc2cccnc2s1.CC(C)c1nc2ccccc2[nH]1.CC(C)c1nc2ccccc2s1. The molecular formula is C62H89N5OS2. The highest BCUT2D eigenvalue weighted by Gasteiger charge is 2.08. The highest BCUT2D eigenvalue weighted by atomic mass is 32.1. The van der Waals surface area contributed by atoms with Gasteiger partial charge in [0.25, 0.3) is 0 Å². The largest absolute Gasteiger partial charge is 0.461 e. The van der Waals surface area contributed by atoms with Crippen LogP contribution < -0.4 is 0 Å². The van der Waals surface area contributed by atoms with Gasteiger partial charge in [0.05, 0.1) is 26.3 Å². The van der Waals surface area contributed by atoms with Crippen LogP contribution >= 0.6 is 22.7 Å². The molecule has 6 aromatic heterocycles. The van der Waals surface area contributed by atoms with Crippen molar-refractivity contribution in [3.8, 4) is 0 Å². The molecule has 2 N–H and O–H groups in total. The maximum absolute atomic E-state index is 5.63. The van der Waals surface area contributed by atoms with Gasteiger partial charge in [0, 0.05) is 50.8 Å². The molecule has 0 saturated heterocycles. The fraction of sp³-hybridized carbons (Fsp3) is 0.403. The van der Waals surface area contributed by atoms with Crippen molar-refractivity contribution in [2.24, 2.45) is 0 Å². The molecule has 6 heterocycles. The molecule has 10 rings (SSSR count). The summed E-state index contributed by atoms with van der Waals surface area (Å²) in [6.07, 6.45) is 1.85. The monoisotopic (exact) mass is 984 g/mol. The summed E-state index contributed by atoms with van der Waals surface area (Å²) >= 11 is 3.59. The summed E-state index contributed by atoms with van der Waals surface area (Å²) in [6.45, 7) is 41.7. The number of aromatic nitrogens is 5. The molecular weight excluding hydrogens is 895 g/mol. The number of imidazole rings is 1. The zero-order valence-electron chi connectivity index (χ0n) is 46.7. The van der Waals surface area contributed by atoms with Gasteiger partial charge in [-0.2, -0.15) is 0 Å². The number of para-hydroxylation sites is 5. The number of hydrogen-bond donors (Lipinski definition) is 2. The molecule has 0 amide bonds. The molecule has 0 fully saturated rings. The summed E-state index contributed by atoms with van der Waals surface area (Å²) in [4.78, 5) is 22.5. The molecule has 0 aliphatic carbocycles. The third-order valence-electron chi connectivity index (χ3n) is 9.83. The van der Waals surface area contributed by atoms with E-state index in [9.17, 15) is 0 Å². The predicted octanol–water partition coefficient (Wildman–Crippen LogP) is 21.5. The van der Waals surface area contributed by atoms with E-state index in [1.165, 1.54) is 42.0 Å². The molecule has 4 aromatic carbocycles. The first-order chi connectivity index (χ1) is 33.9. The summed E-state index contributed by atoms with van der Waals surface area (Å²) in [7, 11) is 0. The zero-order valence-corrected chi connectivity index (χ0v) is 48.3. The van der Waals surface area contributed by atoms with Crippen molar-refractivity contribution >= 4 is 76.0 Å². The number of nitrogens with one attached hydrogen (secondary N) is 2. The van der Waals surface area contributed by atoms with Crippen molar-refractivity contribution in [2.45, 2.75) is 168 Å². The van der Waals surface area contributed by atoms with Gasteiger partial charge in [0.1, 0.15) is 22.0 Å². The minimum absolute atomic E-state index is 0.470. The summed E-state index contributed by atoms with van der Waals surface area (Å²) in [5, 5.41) is 5.00. The normalized spacial score (nSPS) is 10.1. The Bertz CT molecular complexity index is 2230. The number of hydrogen-bond acceptors (Lipinski definition) is 6. The average molecular weight is 985 g/mol. The van der Waals surface area contributed by atoms with Gasteiger partial charge >= 0.3 is 0 Å². The highest BCUT2D eigenvalue weighted by Crippen LogP contribution is 2.29. The molecule has 0 radical (unpaired) electrons. The van der Waals surface area contributed by atoms with Crippen molar-refractivity contribution < 1.29 is 4.42 Å². The highest BCUT2D eigenvalue weighted by molar-refractivity contribution is 7.19. The fourth-order valence-corrected chi connectivity index (χ4v) is 8.23. The van der Waals surface area contributed by atoms with E-state index in [1.54, 1.807) is 22.7 Å². The van der Waals surface area contributed by atoms with Crippen LogP contribution in [0.15, 0.2) is 138 Å². The minimum Gasteiger partial charge on any atom is -0.461 e. The van der Waals surface area contributed by atoms with E-state index >= 15 is 0 Å². The lowest BCUT2D eigenvalue weighted by atomic mass is 10.1. The lowest BCUT2D eigenvalue weighted by Gasteiger charge is -1.97. The van der Waals surface area contributed by atoms with Crippen LogP contribution in [0.2, 0.25) is 0 Å². The van der Waals surface area contributed by atoms with Gasteiger partial charge in [-0.05, 0) is 77.9 Å². The first-order valence-corrected chi connectivity index (χ1v) is 27.7. The van der Waals surface area contributed by atoms with Crippen LogP contribution in [0.1, 0.15) is 195 Å². The maximum Gasteiger partial charge on any atom is 0.134 e. The number of benzene rings is 4. The van der Waals surface area contributed by atoms with Crippen molar-refractivity contribution in [1.82, 2.24) is 24.9 Å². The van der Waals surface area contributed by atoms with Gasteiger partial charge in [-0.3, -0.25) is 0 Å². The second-order valence-electron chi connectivity index (χ2n) is 16.5. The number of rotatable bonds is 5.